The molecule has 0 radical (unpaired) electrons. The molecular formula is C20H25NOS. The summed E-state index contributed by atoms with van der Waals surface area (Å²) < 4.78 is 0. The minimum atomic E-state index is -0.116. The molecule has 2 atom stereocenters. The second kappa shape index (κ2) is 8.21. The van der Waals surface area contributed by atoms with Gasteiger partial charge in [-0.15, -0.1) is 11.8 Å². The molecule has 0 fully saturated rings. The molecule has 1 amide bonds. The Kier molecular flexibility index (Phi) is 6.28. The average Bonchev–Trinajstić information content (AvgIpc) is 2.56. The quantitative estimate of drug-likeness (QED) is 0.763. The van der Waals surface area contributed by atoms with E-state index in [0.717, 1.165) is 16.9 Å². The van der Waals surface area contributed by atoms with E-state index in [0.29, 0.717) is 0 Å². The van der Waals surface area contributed by atoms with Crippen LogP contribution >= 0.6 is 11.8 Å². The Balaban J connectivity index is 1.92. The highest BCUT2D eigenvalue weighted by molar-refractivity contribution is 8.00. The number of carbonyl (C=O) groups excluding carboxylic acids is 1. The smallest absolute Gasteiger partial charge is 0.233 e. The second-order valence-corrected chi connectivity index (χ2v) is 7.31. The number of hydrogen-bond donors (Lipinski definition) is 1. The topological polar surface area (TPSA) is 29.1 Å². The van der Waals surface area contributed by atoms with E-state index in [1.165, 1.54) is 11.1 Å². The van der Waals surface area contributed by atoms with Crippen molar-refractivity contribution in [3.63, 3.8) is 0 Å². The Morgan fingerprint density at radius 3 is 2.22 bits per heavy atom. The minimum Gasteiger partial charge on any atom is -0.349 e. The SMILES string of the molecule is CCc1ccc([C@@H](C)NC(=O)[C@H](C)Sc2ccc(C)cc2)cc1. The van der Waals surface area contributed by atoms with E-state index in [9.17, 15) is 4.79 Å². The highest BCUT2D eigenvalue weighted by Crippen LogP contribution is 2.24. The number of aryl methyl sites for hydroxylation is 2. The molecule has 0 heterocycles. The maximum absolute atomic E-state index is 12.4. The Labute approximate surface area is 143 Å². The Bertz CT molecular complexity index is 634. The van der Waals surface area contributed by atoms with Gasteiger partial charge in [0.1, 0.15) is 0 Å². The number of rotatable bonds is 6. The van der Waals surface area contributed by atoms with Gasteiger partial charge >= 0.3 is 0 Å². The molecule has 1 N–H and O–H groups in total. The van der Waals surface area contributed by atoms with Crippen LogP contribution in [0.5, 0.6) is 0 Å². The van der Waals surface area contributed by atoms with Crippen LogP contribution in [-0.2, 0) is 11.2 Å². The molecule has 3 heteroatoms. The summed E-state index contributed by atoms with van der Waals surface area (Å²) in [5, 5.41) is 2.99. The fraction of sp³-hybridized carbons (Fsp3) is 0.350. The molecule has 0 unspecified atom stereocenters. The van der Waals surface area contributed by atoms with Gasteiger partial charge in [-0.05, 0) is 50.5 Å². The predicted octanol–water partition coefficient (Wildman–Crippen LogP) is 4.92. The molecule has 2 aromatic carbocycles. The van der Waals surface area contributed by atoms with Crippen LogP contribution in [0.3, 0.4) is 0 Å². The first-order valence-electron chi connectivity index (χ1n) is 8.12. The molecule has 0 aliphatic heterocycles. The maximum Gasteiger partial charge on any atom is 0.233 e. The van der Waals surface area contributed by atoms with Crippen molar-refractivity contribution in [3.05, 3.63) is 65.2 Å². The number of amides is 1. The monoisotopic (exact) mass is 327 g/mol. The van der Waals surface area contributed by atoms with Gasteiger partial charge in [0.15, 0.2) is 0 Å². The lowest BCUT2D eigenvalue weighted by molar-refractivity contribution is -0.120. The van der Waals surface area contributed by atoms with Crippen LogP contribution in [0.4, 0.5) is 0 Å². The summed E-state index contributed by atoms with van der Waals surface area (Å²) in [4.78, 5) is 13.5. The largest absolute Gasteiger partial charge is 0.349 e. The fourth-order valence-corrected chi connectivity index (χ4v) is 3.21. The van der Waals surface area contributed by atoms with Crippen molar-refractivity contribution in [1.82, 2.24) is 5.32 Å². The van der Waals surface area contributed by atoms with E-state index in [1.54, 1.807) is 11.8 Å². The van der Waals surface area contributed by atoms with E-state index in [-0.39, 0.29) is 17.2 Å². The third-order valence-electron chi connectivity index (χ3n) is 3.95. The van der Waals surface area contributed by atoms with Gasteiger partial charge < -0.3 is 5.32 Å². The van der Waals surface area contributed by atoms with E-state index in [2.05, 4.69) is 67.7 Å². The summed E-state index contributed by atoms with van der Waals surface area (Å²) in [6.45, 7) is 8.19. The first kappa shape index (κ1) is 17.6. The number of hydrogen-bond acceptors (Lipinski definition) is 2. The molecule has 0 saturated heterocycles. The van der Waals surface area contributed by atoms with Gasteiger partial charge in [0, 0.05) is 4.90 Å². The zero-order valence-corrected chi connectivity index (χ0v) is 15.1. The van der Waals surface area contributed by atoms with E-state index >= 15 is 0 Å². The summed E-state index contributed by atoms with van der Waals surface area (Å²) in [5.41, 5.74) is 3.69. The Morgan fingerprint density at radius 1 is 1.04 bits per heavy atom. The van der Waals surface area contributed by atoms with Gasteiger partial charge in [-0.1, -0.05) is 48.9 Å². The van der Waals surface area contributed by atoms with Crippen molar-refractivity contribution >= 4 is 17.7 Å². The van der Waals surface area contributed by atoms with E-state index in [4.69, 9.17) is 0 Å². The van der Waals surface area contributed by atoms with Crippen LogP contribution in [0.15, 0.2) is 53.4 Å². The number of thioether (sulfide) groups is 1. The van der Waals surface area contributed by atoms with Crippen molar-refractivity contribution in [2.75, 3.05) is 0 Å². The van der Waals surface area contributed by atoms with Gasteiger partial charge in [-0.3, -0.25) is 4.79 Å². The van der Waals surface area contributed by atoms with Crippen LogP contribution in [0.25, 0.3) is 0 Å². The van der Waals surface area contributed by atoms with Crippen molar-refractivity contribution in [1.29, 1.82) is 0 Å². The third-order valence-corrected chi connectivity index (χ3v) is 5.06. The number of benzene rings is 2. The lowest BCUT2D eigenvalue weighted by Gasteiger charge is -2.18. The average molecular weight is 327 g/mol. The molecule has 23 heavy (non-hydrogen) atoms. The molecular weight excluding hydrogens is 302 g/mol. The van der Waals surface area contributed by atoms with Crippen molar-refractivity contribution in [2.45, 2.75) is 50.3 Å². The van der Waals surface area contributed by atoms with Crippen LogP contribution in [0.2, 0.25) is 0 Å². The highest BCUT2D eigenvalue weighted by Gasteiger charge is 2.17. The standard InChI is InChI=1S/C20H25NOS/c1-5-17-8-10-18(11-9-17)15(3)21-20(22)16(4)23-19-12-6-14(2)7-13-19/h6-13,15-16H,5H2,1-4H3,(H,21,22)/t15-,16+/m1/s1. The minimum absolute atomic E-state index is 0.0227. The van der Waals surface area contributed by atoms with Crippen molar-refractivity contribution in [2.24, 2.45) is 0 Å². The lowest BCUT2D eigenvalue weighted by Crippen LogP contribution is -2.33. The molecule has 2 aromatic rings. The summed E-state index contributed by atoms with van der Waals surface area (Å²) in [7, 11) is 0. The normalized spacial score (nSPS) is 13.4. The molecule has 0 aromatic heterocycles. The Morgan fingerprint density at radius 2 is 1.65 bits per heavy atom. The van der Waals surface area contributed by atoms with Gasteiger partial charge in [0.25, 0.3) is 0 Å². The number of nitrogens with one attached hydrogen (secondary N) is 1. The molecule has 2 nitrogen and oxygen atoms in total. The van der Waals surface area contributed by atoms with Gasteiger partial charge in [0.2, 0.25) is 5.91 Å². The Hall–Kier alpha value is -1.74. The van der Waals surface area contributed by atoms with Gasteiger partial charge in [-0.2, -0.15) is 0 Å². The zero-order chi connectivity index (χ0) is 16.8. The van der Waals surface area contributed by atoms with Gasteiger partial charge in [0.05, 0.1) is 11.3 Å². The summed E-state index contributed by atoms with van der Waals surface area (Å²) >= 11 is 1.59. The van der Waals surface area contributed by atoms with Crippen LogP contribution < -0.4 is 5.32 Å². The maximum atomic E-state index is 12.4. The number of carbonyl (C=O) groups is 1. The second-order valence-electron chi connectivity index (χ2n) is 5.90. The molecule has 0 aliphatic carbocycles. The molecule has 2 rings (SSSR count). The van der Waals surface area contributed by atoms with Crippen LogP contribution in [0.1, 0.15) is 43.5 Å². The van der Waals surface area contributed by atoms with Crippen LogP contribution in [-0.4, -0.2) is 11.2 Å². The first-order chi connectivity index (χ1) is 11.0. The van der Waals surface area contributed by atoms with E-state index in [1.807, 2.05) is 13.8 Å². The molecule has 0 bridgehead atoms. The summed E-state index contributed by atoms with van der Waals surface area (Å²) in [5.74, 6) is 0.0719. The van der Waals surface area contributed by atoms with E-state index < -0.39 is 0 Å². The lowest BCUT2D eigenvalue weighted by atomic mass is 10.0. The summed E-state index contributed by atoms with van der Waals surface area (Å²) in [6, 6.07) is 16.8. The molecule has 122 valence electrons. The third kappa shape index (κ3) is 5.14. The predicted molar refractivity (Wildman–Crippen MR) is 98.9 cm³/mol. The zero-order valence-electron chi connectivity index (χ0n) is 14.3. The molecule has 0 aliphatic rings. The molecule has 0 saturated carbocycles. The van der Waals surface area contributed by atoms with Crippen molar-refractivity contribution < 1.29 is 4.79 Å². The highest BCUT2D eigenvalue weighted by atomic mass is 32.2. The molecule has 0 spiro atoms. The van der Waals surface area contributed by atoms with Crippen molar-refractivity contribution in [3.8, 4) is 0 Å². The first-order valence-corrected chi connectivity index (χ1v) is 9.00. The summed E-state index contributed by atoms with van der Waals surface area (Å²) in [6.07, 6.45) is 1.03. The van der Waals surface area contributed by atoms with Gasteiger partial charge in [-0.25, -0.2) is 0 Å². The van der Waals surface area contributed by atoms with Crippen LogP contribution in [0, 0.1) is 6.92 Å². The fourth-order valence-electron chi connectivity index (χ4n) is 2.33.